The summed E-state index contributed by atoms with van der Waals surface area (Å²) in [6, 6.07) is 27.8. The molecule has 0 aliphatic rings. The van der Waals surface area contributed by atoms with Crippen LogP contribution < -0.4 is 4.57 Å². The standard InChI is InChI=1S/C26H21FN2O2S/c1-20-13-15-24(16-14-20)32(30,31)28-19-26(22-10-7-11-23(27)18-22)29-17-6-5-12-25(29)21-8-3-2-4-9-21/h2-19H,1H3/b26-19-. The molecule has 0 saturated heterocycles. The van der Waals surface area contributed by atoms with Crippen LogP contribution in [0.5, 0.6) is 0 Å². The summed E-state index contributed by atoms with van der Waals surface area (Å²) >= 11 is 0. The molecule has 0 radical (unpaired) electrons. The lowest BCUT2D eigenvalue weighted by atomic mass is 10.1. The summed E-state index contributed by atoms with van der Waals surface area (Å²) in [5.74, 6) is -0.424. The maximum absolute atomic E-state index is 14.1. The van der Waals surface area contributed by atoms with Crippen LogP contribution in [0.25, 0.3) is 21.7 Å². The number of pyridine rings is 1. The smallest absolute Gasteiger partial charge is 0.218 e. The van der Waals surface area contributed by atoms with E-state index in [0.29, 0.717) is 11.3 Å². The summed E-state index contributed by atoms with van der Waals surface area (Å²) in [7, 11) is -3.93. The molecule has 0 fully saturated rings. The van der Waals surface area contributed by atoms with Crippen LogP contribution in [-0.2, 0) is 10.0 Å². The van der Waals surface area contributed by atoms with E-state index in [1.54, 1.807) is 35.0 Å². The zero-order valence-corrected chi connectivity index (χ0v) is 18.2. The zero-order chi connectivity index (χ0) is 22.6. The van der Waals surface area contributed by atoms with Gasteiger partial charge in [-0.25, -0.2) is 12.8 Å². The fraction of sp³-hybridized carbons (Fsp3) is 0.0385. The maximum atomic E-state index is 14.1. The first-order valence-electron chi connectivity index (χ1n) is 10.0. The van der Waals surface area contributed by atoms with Crippen molar-refractivity contribution in [2.24, 2.45) is 0 Å². The van der Waals surface area contributed by atoms with Crippen molar-refractivity contribution in [1.82, 2.24) is 0 Å². The number of benzene rings is 3. The summed E-state index contributed by atoms with van der Waals surface area (Å²) in [6.45, 7) is 1.88. The molecule has 0 bridgehead atoms. The van der Waals surface area contributed by atoms with Crippen LogP contribution in [-0.4, -0.2) is 8.42 Å². The van der Waals surface area contributed by atoms with Crippen molar-refractivity contribution >= 4 is 15.7 Å². The van der Waals surface area contributed by atoms with Crippen LogP contribution in [0.3, 0.4) is 0 Å². The van der Waals surface area contributed by atoms with Crippen LogP contribution in [0.15, 0.2) is 114 Å². The van der Waals surface area contributed by atoms with E-state index in [0.717, 1.165) is 16.8 Å². The Bertz CT molecular complexity index is 1370. The quantitative estimate of drug-likeness (QED) is 0.358. The summed E-state index contributed by atoms with van der Waals surface area (Å²) in [6.07, 6.45) is 3.07. The molecule has 3 aromatic carbocycles. The molecular weight excluding hydrogens is 423 g/mol. The molecule has 0 amide bonds. The van der Waals surface area contributed by atoms with Gasteiger partial charge in [-0.1, -0.05) is 48.2 Å². The fourth-order valence-electron chi connectivity index (χ4n) is 3.31. The van der Waals surface area contributed by atoms with Crippen molar-refractivity contribution in [3.63, 3.8) is 0 Å². The molecule has 4 rings (SSSR count). The van der Waals surface area contributed by atoms with E-state index < -0.39 is 15.8 Å². The molecule has 0 aliphatic heterocycles. The van der Waals surface area contributed by atoms with E-state index in [4.69, 9.17) is 0 Å². The third-order valence-corrected chi connectivity index (χ3v) is 6.19. The summed E-state index contributed by atoms with van der Waals surface area (Å²) in [5, 5.41) is 0. The molecule has 0 N–H and O–H groups in total. The normalized spacial score (nSPS) is 11.9. The average molecular weight is 445 g/mol. The number of sulfonamides is 1. The molecule has 0 spiro atoms. The van der Waals surface area contributed by atoms with Gasteiger partial charge < -0.3 is 4.72 Å². The second kappa shape index (κ2) is 9.16. The number of aromatic nitrogens is 1. The van der Waals surface area contributed by atoms with Gasteiger partial charge in [-0.3, -0.25) is 0 Å². The Labute approximate surface area is 187 Å². The van der Waals surface area contributed by atoms with Crippen molar-refractivity contribution in [3.8, 4) is 11.3 Å². The van der Waals surface area contributed by atoms with Gasteiger partial charge in [-0.15, -0.1) is 0 Å². The van der Waals surface area contributed by atoms with Crippen molar-refractivity contribution in [2.75, 3.05) is 0 Å². The third kappa shape index (κ3) is 4.76. The minimum atomic E-state index is -3.93. The lowest BCUT2D eigenvalue weighted by Gasteiger charge is -2.18. The Kier molecular flexibility index (Phi) is 6.14. The molecule has 32 heavy (non-hydrogen) atoms. The highest BCUT2D eigenvalue weighted by Gasteiger charge is 2.19. The van der Waals surface area contributed by atoms with Gasteiger partial charge in [0.2, 0.25) is 5.69 Å². The first-order chi connectivity index (χ1) is 15.4. The third-order valence-electron chi connectivity index (χ3n) is 4.94. The number of hydrogen-bond acceptors (Lipinski definition) is 2. The number of rotatable bonds is 6. The average Bonchev–Trinajstić information content (AvgIpc) is 2.80. The second-order valence-corrected chi connectivity index (χ2v) is 8.87. The van der Waals surface area contributed by atoms with Crippen LogP contribution in [0.2, 0.25) is 0 Å². The fourth-order valence-corrected chi connectivity index (χ4v) is 4.15. The van der Waals surface area contributed by atoms with Gasteiger partial charge in [0.1, 0.15) is 15.8 Å². The van der Waals surface area contributed by atoms with E-state index in [1.165, 1.54) is 30.5 Å². The summed E-state index contributed by atoms with van der Waals surface area (Å²) in [4.78, 5) is 0.0966. The molecule has 1 aromatic heterocycles. The molecule has 160 valence electrons. The highest BCUT2D eigenvalue weighted by molar-refractivity contribution is 7.94. The van der Waals surface area contributed by atoms with Crippen molar-refractivity contribution < 1.29 is 17.4 Å². The molecule has 6 heteroatoms. The Hall–Kier alpha value is -3.77. The molecular formula is C26H21FN2O2S. The van der Waals surface area contributed by atoms with Crippen LogP contribution in [0.4, 0.5) is 4.39 Å². The van der Waals surface area contributed by atoms with Gasteiger partial charge in [0.25, 0.3) is 0 Å². The zero-order valence-electron chi connectivity index (χ0n) is 17.4. The van der Waals surface area contributed by atoms with Crippen molar-refractivity contribution in [1.29, 1.82) is 0 Å². The highest BCUT2D eigenvalue weighted by Crippen LogP contribution is 2.24. The minimum Gasteiger partial charge on any atom is -0.574 e. The van der Waals surface area contributed by atoms with Crippen LogP contribution in [0, 0.1) is 12.7 Å². The van der Waals surface area contributed by atoms with Gasteiger partial charge in [-0.2, -0.15) is 4.57 Å². The Morgan fingerprint density at radius 2 is 1.59 bits per heavy atom. The van der Waals surface area contributed by atoms with Gasteiger partial charge in [0.15, 0.2) is 11.9 Å². The topological polar surface area (TPSA) is 52.1 Å². The molecule has 0 atom stereocenters. The Balaban J connectivity index is 1.84. The lowest BCUT2D eigenvalue weighted by molar-refractivity contribution is -0.567. The largest absolute Gasteiger partial charge is 0.574 e. The maximum Gasteiger partial charge on any atom is 0.218 e. The molecule has 4 aromatic rings. The Morgan fingerprint density at radius 3 is 2.31 bits per heavy atom. The summed E-state index contributed by atoms with van der Waals surface area (Å²) < 4.78 is 45.5. The number of hydrogen-bond donors (Lipinski definition) is 0. The first kappa shape index (κ1) is 21.5. The summed E-state index contributed by atoms with van der Waals surface area (Å²) in [5.41, 5.74) is 3.62. The number of halogens is 1. The van der Waals surface area contributed by atoms with Crippen molar-refractivity contribution in [3.05, 3.63) is 131 Å². The lowest BCUT2D eigenvalue weighted by Crippen LogP contribution is -2.35. The highest BCUT2D eigenvalue weighted by atomic mass is 32.2. The number of aryl methyl sites for hydroxylation is 1. The molecule has 4 nitrogen and oxygen atoms in total. The minimum absolute atomic E-state index is 0.0966. The van der Waals surface area contributed by atoms with Gasteiger partial charge >= 0.3 is 0 Å². The predicted molar refractivity (Wildman–Crippen MR) is 124 cm³/mol. The molecule has 1 heterocycles. The SMILES string of the molecule is Cc1ccc(S(=O)(=O)[N-]/C=C(/c2cccc(F)c2)[n+]2ccccc2-c2ccccc2)cc1. The molecule has 0 aliphatic carbocycles. The first-order valence-corrected chi connectivity index (χ1v) is 11.4. The van der Waals surface area contributed by atoms with Crippen LogP contribution >= 0.6 is 0 Å². The Morgan fingerprint density at radius 1 is 0.875 bits per heavy atom. The predicted octanol–water partition coefficient (Wildman–Crippen LogP) is 5.70. The van der Waals surface area contributed by atoms with Gasteiger partial charge in [0, 0.05) is 23.3 Å². The van der Waals surface area contributed by atoms with E-state index in [2.05, 4.69) is 4.72 Å². The van der Waals surface area contributed by atoms with Gasteiger partial charge in [-0.05, 0) is 55.5 Å². The second-order valence-electron chi connectivity index (χ2n) is 7.24. The van der Waals surface area contributed by atoms with E-state index in [-0.39, 0.29) is 4.90 Å². The van der Waals surface area contributed by atoms with Crippen LogP contribution in [0.1, 0.15) is 11.1 Å². The molecule has 0 saturated carbocycles. The monoisotopic (exact) mass is 444 g/mol. The van der Waals surface area contributed by atoms with E-state index in [1.807, 2.05) is 55.5 Å². The number of nitrogens with zero attached hydrogens (tertiary/aromatic N) is 2. The van der Waals surface area contributed by atoms with E-state index >= 15 is 0 Å². The van der Waals surface area contributed by atoms with Crippen molar-refractivity contribution in [2.45, 2.75) is 11.8 Å². The van der Waals surface area contributed by atoms with Gasteiger partial charge in [0.05, 0.1) is 4.90 Å². The van der Waals surface area contributed by atoms with E-state index in [9.17, 15) is 12.8 Å². The molecule has 0 unspecified atom stereocenters.